The molecule has 0 bridgehead atoms. The molecule has 1 fully saturated rings. The zero-order valence-corrected chi connectivity index (χ0v) is 8.52. The molecule has 0 amide bonds. The van der Waals surface area contributed by atoms with Gasteiger partial charge in [0.25, 0.3) is 0 Å². The zero-order chi connectivity index (χ0) is 8.67. The van der Waals surface area contributed by atoms with E-state index in [1.165, 1.54) is 25.7 Å². The first kappa shape index (κ1) is 7.93. The molecule has 0 nitrogen and oxygen atoms in total. The lowest BCUT2D eigenvalue weighted by atomic mass is 9.84. The average molecular weight is 190 g/mol. The van der Waals surface area contributed by atoms with Gasteiger partial charge in [-0.15, -0.1) is 11.8 Å². The minimum Gasteiger partial charge on any atom is -0.122 e. The van der Waals surface area contributed by atoms with Crippen molar-refractivity contribution in [3.05, 3.63) is 29.8 Å². The molecule has 1 saturated carbocycles. The standard InChI is InChI=1S/C12H14S/c1-3-7-11-9(5-1)10-6-2-4-8-12(10)13-11/h1,3,5,7,10,12H,2,4,6,8H2/t10-,12-/m0/s1. The van der Waals surface area contributed by atoms with Gasteiger partial charge in [-0.3, -0.25) is 0 Å². The van der Waals surface area contributed by atoms with Crippen molar-refractivity contribution in [1.29, 1.82) is 0 Å². The molecule has 2 aliphatic rings. The van der Waals surface area contributed by atoms with Gasteiger partial charge in [0, 0.05) is 10.1 Å². The molecule has 2 atom stereocenters. The van der Waals surface area contributed by atoms with Crippen LogP contribution in [-0.2, 0) is 0 Å². The monoisotopic (exact) mass is 190 g/mol. The summed E-state index contributed by atoms with van der Waals surface area (Å²) in [6, 6.07) is 8.98. The van der Waals surface area contributed by atoms with Crippen molar-refractivity contribution < 1.29 is 0 Å². The number of hydrogen-bond acceptors (Lipinski definition) is 1. The lowest BCUT2D eigenvalue weighted by Crippen LogP contribution is -2.14. The number of rotatable bonds is 0. The van der Waals surface area contributed by atoms with Crippen LogP contribution in [0.5, 0.6) is 0 Å². The van der Waals surface area contributed by atoms with Crippen molar-refractivity contribution in [2.45, 2.75) is 41.7 Å². The largest absolute Gasteiger partial charge is 0.122 e. The minimum absolute atomic E-state index is 0.884. The zero-order valence-electron chi connectivity index (χ0n) is 7.70. The highest BCUT2D eigenvalue weighted by Crippen LogP contribution is 2.51. The Balaban J connectivity index is 2.01. The molecule has 3 rings (SSSR count). The van der Waals surface area contributed by atoms with E-state index in [-0.39, 0.29) is 0 Å². The van der Waals surface area contributed by atoms with Crippen molar-refractivity contribution in [2.24, 2.45) is 0 Å². The highest BCUT2D eigenvalue weighted by molar-refractivity contribution is 8.00. The molecule has 0 aromatic heterocycles. The van der Waals surface area contributed by atoms with E-state index < -0.39 is 0 Å². The Morgan fingerprint density at radius 2 is 1.92 bits per heavy atom. The van der Waals surface area contributed by atoms with E-state index in [4.69, 9.17) is 0 Å². The van der Waals surface area contributed by atoms with Crippen molar-refractivity contribution in [2.75, 3.05) is 0 Å². The molecule has 1 aliphatic heterocycles. The molecule has 1 aromatic rings. The van der Waals surface area contributed by atoms with Gasteiger partial charge >= 0.3 is 0 Å². The molecular weight excluding hydrogens is 176 g/mol. The summed E-state index contributed by atoms with van der Waals surface area (Å²) >= 11 is 2.12. The van der Waals surface area contributed by atoms with E-state index in [1.807, 2.05) is 0 Å². The predicted molar refractivity (Wildman–Crippen MR) is 57.3 cm³/mol. The number of fused-ring (bicyclic) bond motifs is 3. The lowest BCUT2D eigenvalue weighted by molar-refractivity contribution is 0.461. The molecule has 13 heavy (non-hydrogen) atoms. The van der Waals surface area contributed by atoms with Crippen LogP contribution >= 0.6 is 11.8 Å². The molecule has 1 heterocycles. The van der Waals surface area contributed by atoms with Crippen molar-refractivity contribution in [3.8, 4) is 0 Å². The van der Waals surface area contributed by atoms with Crippen LogP contribution in [0.15, 0.2) is 29.2 Å². The fourth-order valence-corrected chi connectivity index (χ4v) is 4.22. The molecule has 1 heteroatoms. The molecule has 0 radical (unpaired) electrons. The number of thioether (sulfide) groups is 1. The predicted octanol–water partition coefficient (Wildman–Crippen LogP) is 3.82. The Morgan fingerprint density at radius 3 is 2.92 bits per heavy atom. The van der Waals surface area contributed by atoms with Gasteiger partial charge in [-0.05, 0) is 30.4 Å². The van der Waals surface area contributed by atoms with E-state index >= 15 is 0 Å². The fraction of sp³-hybridized carbons (Fsp3) is 0.500. The fourth-order valence-electron chi connectivity index (χ4n) is 2.65. The van der Waals surface area contributed by atoms with E-state index in [0.29, 0.717) is 0 Å². The Hall–Kier alpha value is -0.430. The molecule has 0 spiro atoms. The quantitative estimate of drug-likeness (QED) is 0.599. The maximum Gasteiger partial charge on any atom is 0.0164 e. The summed E-state index contributed by atoms with van der Waals surface area (Å²) in [6.07, 6.45) is 5.75. The van der Waals surface area contributed by atoms with Gasteiger partial charge < -0.3 is 0 Å². The van der Waals surface area contributed by atoms with Crippen molar-refractivity contribution in [3.63, 3.8) is 0 Å². The maximum absolute atomic E-state index is 2.33. The normalized spacial score (nSPS) is 31.1. The van der Waals surface area contributed by atoms with E-state index in [0.717, 1.165) is 11.2 Å². The molecule has 0 saturated heterocycles. The van der Waals surface area contributed by atoms with Crippen LogP contribution < -0.4 is 0 Å². The first-order valence-corrected chi connectivity index (χ1v) is 6.09. The number of benzene rings is 1. The van der Waals surface area contributed by atoms with Crippen LogP contribution in [0.3, 0.4) is 0 Å². The highest BCUT2D eigenvalue weighted by Gasteiger charge is 2.34. The average Bonchev–Trinajstić information content (AvgIpc) is 2.56. The smallest absolute Gasteiger partial charge is 0.0164 e. The molecule has 1 aromatic carbocycles. The van der Waals surface area contributed by atoms with Gasteiger partial charge in [-0.1, -0.05) is 31.0 Å². The van der Waals surface area contributed by atoms with E-state index in [1.54, 1.807) is 10.5 Å². The third-order valence-corrected chi connectivity index (χ3v) is 4.79. The van der Waals surface area contributed by atoms with E-state index in [9.17, 15) is 0 Å². The van der Waals surface area contributed by atoms with Gasteiger partial charge in [0.05, 0.1) is 0 Å². The molecular formula is C12H14S. The summed E-state index contributed by atoms with van der Waals surface area (Å²) < 4.78 is 0. The Morgan fingerprint density at radius 1 is 1.08 bits per heavy atom. The summed E-state index contributed by atoms with van der Waals surface area (Å²) in [5, 5.41) is 0.908. The van der Waals surface area contributed by atoms with Crippen LogP contribution in [-0.4, -0.2) is 5.25 Å². The van der Waals surface area contributed by atoms with Crippen molar-refractivity contribution in [1.82, 2.24) is 0 Å². The van der Waals surface area contributed by atoms with Crippen LogP contribution in [0.4, 0.5) is 0 Å². The number of hydrogen-bond donors (Lipinski definition) is 0. The van der Waals surface area contributed by atoms with Crippen LogP contribution in [0.1, 0.15) is 37.2 Å². The van der Waals surface area contributed by atoms with Gasteiger partial charge in [0.15, 0.2) is 0 Å². The molecule has 0 N–H and O–H groups in total. The van der Waals surface area contributed by atoms with Crippen LogP contribution in [0.2, 0.25) is 0 Å². The molecule has 1 aliphatic carbocycles. The van der Waals surface area contributed by atoms with Gasteiger partial charge in [0.2, 0.25) is 0 Å². The first-order chi connectivity index (χ1) is 6.45. The SMILES string of the molecule is c1ccc2c(c1)S[C@H]1CCCC[C@@H]21. The summed E-state index contributed by atoms with van der Waals surface area (Å²) in [6.45, 7) is 0. The Kier molecular flexibility index (Phi) is 1.86. The third-order valence-electron chi connectivity index (χ3n) is 3.30. The second-order valence-electron chi connectivity index (χ2n) is 4.09. The molecule has 0 unspecified atom stereocenters. The van der Waals surface area contributed by atoms with Gasteiger partial charge in [-0.25, -0.2) is 0 Å². The summed E-state index contributed by atoms with van der Waals surface area (Å²) in [4.78, 5) is 1.56. The second-order valence-corrected chi connectivity index (χ2v) is 5.37. The van der Waals surface area contributed by atoms with Crippen LogP contribution in [0, 0.1) is 0 Å². The van der Waals surface area contributed by atoms with Crippen molar-refractivity contribution >= 4 is 11.8 Å². The highest BCUT2D eigenvalue weighted by atomic mass is 32.2. The second kappa shape index (κ2) is 3.06. The Labute approximate surface area is 83.7 Å². The topological polar surface area (TPSA) is 0 Å². The molecule has 68 valence electrons. The van der Waals surface area contributed by atoms with Gasteiger partial charge in [-0.2, -0.15) is 0 Å². The summed E-state index contributed by atoms with van der Waals surface area (Å²) in [5.41, 5.74) is 1.64. The van der Waals surface area contributed by atoms with Gasteiger partial charge in [0.1, 0.15) is 0 Å². The maximum atomic E-state index is 2.33. The summed E-state index contributed by atoms with van der Waals surface area (Å²) in [7, 11) is 0. The summed E-state index contributed by atoms with van der Waals surface area (Å²) in [5.74, 6) is 0.884. The van der Waals surface area contributed by atoms with E-state index in [2.05, 4.69) is 36.0 Å². The van der Waals surface area contributed by atoms with Crippen LogP contribution in [0.25, 0.3) is 0 Å². The first-order valence-electron chi connectivity index (χ1n) is 5.21. The minimum atomic E-state index is 0.884. The third kappa shape index (κ3) is 1.21. The lowest BCUT2D eigenvalue weighted by Gasteiger charge is -2.24. The Bertz CT molecular complexity index is 319.